The van der Waals surface area contributed by atoms with Crippen molar-refractivity contribution in [3.05, 3.63) is 0 Å². The third-order valence-electron chi connectivity index (χ3n) is 19.7. The summed E-state index contributed by atoms with van der Waals surface area (Å²) in [6.07, 6.45) is 62.6. The van der Waals surface area contributed by atoms with E-state index in [1.807, 2.05) is 0 Å². The van der Waals surface area contributed by atoms with Crippen LogP contribution in [0.4, 0.5) is 0 Å². The summed E-state index contributed by atoms with van der Waals surface area (Å²) in [7, 11) is -9.92. The van der Waals surface area contributed by atoms with Gasteiger partial charge in [-0.25, -0.2) is 9.13 Å². The van der Waals surface area contributed by atoms with E-state index in [9.17, 15) is 43.2 Å². The maximum atomic E-state index is 13.1. The van der Waals surface area contributed by atoms with E-state index >= 15 is 0 Å². The van der Waals surface area contributed by atoms with Gasteiger partial charge in [0.15, 0.2) is 12.2 Å². The zero-order chi connectivity index (χ0) is 73.5. The third-order valence-corrected chi connectivity index (χ3v) is 21.6. The lowest BCUT2D eigenvalue weighted by atomic mass is 9.99. The Balaban J connectivity index is 5.22. The number of phosphoric acid groups is 2. The number of esters is 4. The molecule has 0 aromatic rings. The molecule has 3 N–H and O–H groups in total. The summed E-state index contributed by atoms with van der Waals surface area (Å²) >= 11 is 0. The number of unbranched alkanes of at least 4 members (excludes halogenated alkanes) is 48. The number of phosphoric ester groups is 2. The van der Waals surface area contributed by atoms with Crippen molar-refractivity contribution in [1.29, 1.82) is 0 Å². The Morgan fingerprint density at radius 2 is 0.480 bits per heavy atom. The molecule has 594 valence electrons. The quantitative estimate of drug-likeness (QED) is 0.0222. The number of hydrogen-bond acceptors (Lipinski definition) is 15. The standard InChI is InChI=1S/C81H158O17P2/c1-7-11-13-15-17-19-21-23-25-27-28-29-30-32-34-36-38-40-45-53-59-65-80(85)97-76(69-91-78(83)63-57-51-44-39-37-35-33-31-26-24-22-20-18-16-14-12-8-2)71-95-99(87,88)93-67-75(82)68-94-100(89,90)96-72-77(70-92-79(84)64-58-52-48-47-50-56-62-74(6)10-4)98-81(86)66-60-54-46-42-41-43-49-55-61-73(5)9-3/h73-77,82H,7-72H2,1-6H3,(H,87,88)(H,89,90)/t73?,74?,75-,76-,77-/m1/s1. The maximum Gasteiger partial charge on any atom is 0.472 e. The van der Waals surface area contributed by atoms with Crippen molar-refractivity contribution in [2.24, 2.45) is 11.8 Å². The minimum Gasteiger partial charge on any atom is -0.462 e. The molecule has 100 heavy (non-hydrogen) atoms. The molecule has 0 aliphatic rings. The van der Waals surface area contributed by atoms with Crippen LogP contribution in [0.15, 0.2) is 0 Å². The van der Waals surface area contributed by atoms with Crippen molar-refractivity contribution < 1.29 is 80.2 Å². The van der Waals surface area contributed by atoms with Crippen LogP contribution in [0.25, 0.3) is 0 Å². The van der Waals surface area contributed by atoms with Crippen molar-refractivity contribution in [3.63, 3.8) is 0 Å². The highest BCUT2D eigenvalue weighted by Crippen LogP contribution is 2.45. The van der Waals surface area contributed by atoms with E-state index in [4.69, 9.17) is 37.0 Å². The lowest BCUT2D eigenvalue weighted by Crippen LogP contribution is -2.30. The van der Waals surface area contributed by atoms with Crippen LogP contribution >= 0.6 is 15.6 Å². The van der Waals surface area contributed by atoms with Gasteiger partial charge < -0.3 is 33.8 Å². The Morgan fingerprint density at radius 3 is 0.710 bits per heavy atom. The molecule has 0 saturated heterocycles. The predicted octanol–water partition coefficient (Wildman–Crippen LogP) is 24.3. The third kappa shape index (κ3) is 71.7. The topological polar surface area (TPSA) is 237 Å². The van der Waals surface area contributed by atoms with E-state index in [1.165, 1.54) is 238 Å². The molecule has 0 aliphatic heterocycles. The SMILES string of the molecule is CCCCCCCCCCCCCCCCCCCCCCCC(=O)O[C@H](COC(=O)CCCCCCCCCCCCCCCCCCC)COP(=O)(O)OC[C@@H](O)COP(=O)(O)OC[C@@H](COC(=O)CCCCCCCCC(C)CC)OC(=O)CCCCCCCCCCC(C)CC. The van der Waals surface area contributed by atoms with E-state index in [-0.39, 0.29) is 25.7 Å². The Kier molecular flexibility index (Phi) is 71.2. The van der Waals surface area contributed by atoms with Gasteiger partial charge in [-0.05, 0) is 37.5 Å². The van der Waals surface area contributed by atoms with Crippen molar-refractivity contribution in [2.45, 2.75) is 445 Å². The number of aliphatic hydroxyl groups excluding tert-OH is 1. The largest absolute Gasteiger partial charge is 0.472 e. The van der Waals surface area contributed by atoms with Gasteiger partial charge >= 0.3 is 39.5 Å². The molecule has 0 rings (SSSR count). The van der Waals surface area contributed by atoms with E-state index in [1.54, 1.807) is 0 Å². The first-order valence-corrected chi connectivity index (χ1v) is 45.1. The Hall–Kier alpha value is -1.94. The van der Waals surface area contributed by atoms with Gasteiger partial charge in [-0.15, -0.1) is 0 Å². The lowest BCUT2D eigenvalue weighted by Gasteiger charge is -2.21. The smallest absolute Gasteiger partial charge is 0.462 e. The van der Waals surface area contributed by atoms with Crippen molar-refractivity contribution >= 4 is 39.5 Å². The van der Waals surface area contributed by atoms with Gasteiger partial charge in [0.2, 0.25) is 0 Å². The van der Waals surface area contributed by atoms with Crippen molar-refractivity contribution in [1.82, 2.24) is 0 Å². The molecule has 0 heterocycles. The summed E-state index contributed by atoms with van der Waals surface area (Å²) < 4.78 is 68.7. The van der Waals surface area contributed by atoms with Gasteiger partial charge in [0.1, 0.15) is 19.3 Å². The molecular formula is C81H158O17P2. The van der Waals surface area contributed by atoms with Crippen LogP contribution in [0.3, 0.4) is 0 Å². The monoisotopic (exact) mass is 1470 g/mol. The summed E-state index contributed by atoms with van der Waals surface area (Å²) in [5, 5.41) is 10.6. The molecule has 17 nitrogen and oxygen atoms in total. The molecule has 0 bridgehead atoms. The zero-order valence-corrected chi connectivity index (χ0v) is 67.3. The number of hydrogen-bond donors (Lipinski definition) is 3. The van der Waals surface area contributed by atoms with Crippen LogP contribution in [-0.4, -0.2) is 96.7 Å². The maximum absolute atomic E-state index is 13.1. The lowest BCUT2D eigenvalue weighted by molar-refractivity contribution is -0.161. The second-order valence-corrected chi connectivity index (χ2v) is 32.6. The fraction of sp³-hybridized carbons (Fsp3) is 0.951. The summed E-state index contributed by atoms with van der Waals surface area (Å²) in [6, 6.07) is 0. The Bertz CT molecular complexity index is 1930. The molecule has 0 aliphatic carbocycles. The van der Waals surface area contributed by atoms with Gasteiger partial charge in [0.05, 0.1) is 26.4 Å². The van der Waals surface area contributed by atoms with Gasteiger partial charge in [0, 0.05) is 25.7 Å². The Morgan fingerprint density at radius 1 is 0.280 bits per heavy atom. The number of carbonyl (C=O) groups excluding carboxylic acids is 4. The van der Waals surface area contributed by atoms with Crippen LogP contribution < -0.4 is 0 Å². The first-order chi connectivity index (χ1) is 48.4. The van der Waals surface area contributed by atoms with Gasteiger partial charge in [-0.1, -0.05) is 375 Å². The van der Waals surface area contributed by atoms with Crippen LogP contribution in [-0.2, 0) is 65.4 Å². The summed E-state index contributed by atoms with van der Waals surface area (Å²) in [5.74, 6) is -0.612. The highest BCUT2D eigenvalue weighted by molar-refractivity contribution is 7.47. The zero-order valence-electron chi connectivity index (χ0n) is 65.5. The molecule has 7 atom stereocenters. The average Bonchev–Trinajstić information content (AvgIpc) is 0.923. The molecule has 19 heteroatoms. The van der Waals surface area contributed by atoms with Gasteiger partial charge in [-0.3, -0.25) is 37.3 Å². The molecule has 0 saturated carbocycles. The predicted molar refractivity (Wildman–Crippen MR) is 409 cm³/mol. The number of aliphatic hydroxyl groups is 1. The number of ether oxygens (including phenoxy) is 4. The fourth-order valence-corrected chi connectivity index (χ4v) is 14.1. The molecular weight excluding hydrogens is 1310 g/mol. The summed E-state index contributed by atoms with van der Waals surface area (Å²) in [6.45, 7) is 9.58. The summed E-state index contributed by atoms with van der Waals surface area (Å²) in [5.41, 5.74) is 0. The molecule has 0 amide bonds. The van der Waals surface area contributed by atoms with Crippen LogP contribution in [0.2, 0.25) is 0 Å². The van der Waals surface area contributed by atoms with E-state index in [2.05, 4.69) is 41.5 Å². The van der Waals surface area contributed by atoms with Crippen LogP contribution in [0.1, 0.15) is 427 Å². The Labute approximate surface area is 613 Å². The highest BCUT2D eigenvalue weighted by Gasteiger charge is 2.30. The van der Waals surface area contributed by atoms with Crippen LogP contribution in [0, 0.1) is 11.8 Å². The molecule has 0 fully saturated rings. The van der Waals surface area contributed by atoms with E-state index < -0.39 is 97.5 Å². The number of rotatable bonds is 80. The summed E-state index contributed by atoms with van der Waals surface area (Å²) in [4.78, 5) is 73.0. The molecule has 0 radical (unpaired) electrons. The van der Waals surface area contributed by atoms with E-state index in [0.29, 0.717) is 25.7 Å². The molecule has 0 aromatic heterocycles. The minimum atomic E-state index is -4.96. The fourth-order valence-electron chi connectivity index (χ4n) is 12.5. The van der Waals surface area contributed by atoms with Crippen molar-refractivity contribution in [3.8, 4) is 0 Å². The first kappa shape index (κ1) is 98.1. The molecule has 0 aromatic carbocycles. The van der Waals surface area contributed by atoms with Gasteiger partial charge in [0.25, 0.3) is 0 Å². The molecule has 0 spiro atoms. The number of carbonyl (C=O) groups is 4. The van der Waals surface area contributed by atoms with Crippen molar-refractivity contribution in [2.75, 3.05) is 39.6 Å². The first-order valence-electron chi connectivity index (χ1n) is 42.1. The van der Waals surface area contributed by atoms with Crippen LogP contribution in [0.5, 0.6) is 0 Å². The van der Waals surface area contributed by atoms with Gasteiger partial charge in [-0.2, -0.15) is 0 Å². The average molecular weight is 1470 g/mol. The minimum absolute atomic E-state index is 0.104. The highest BCUT2D eigenvalue weighted by atomic mass is 31.2. The second-order valence-electron chi connectivity index (χ2n) is 29.6. The van der Waals surface area contributed by atoms with E-state index in [0.717, 1.165) is 108 Å². The normalized spacial score (nSPS) is 14.4. The molecule has 4 unspecified atom stereocenters. The second kappa shape index (κ2) is 72.6.